The Kier molecular flexibility index (Phi) is 8.14. The summed E-state index contributed by atoms with van der Waals surface area (Å²) < 4.78 is 10.6. The number of guanidine groups is 1. The van der Waals surface area contributed by atoms with Crippen LogP contribution in [-0.4, -0.2) is 46.7 Å². The minimum atomic E-state index is -0.0906. The van der Waals surface area contributed by atoms with Gasteiger partial charge in [0.25, 0.3) is 5.91 Å². The maximum Gasteiger partial charge on any atom is 0.251 e. The first-order valence-corrected chi connectivity index (χ1v) is 9.07. The van der Waals surface area contributed by atoms with E-state index in [0.717, 1.165) is 41.6 Å². The molecule has 0 spiro atoms. The lowest BCUT2D eigenvalue weighted by Gasteiger charge is -2.13. The summed E-state index contributed by atoms with van der Waals surface area (Å²) in [7, 11) is 6.61. The Balaban J connectivity index is 1.82. The van der Waals surface area contributed by atoms with E-state index in [1.165, 1.54) is 0 Å². The van der Waals surface area contributed by atoms with Crippen LogP contribution in [0.3, 0.4) is 0 Å². The number of hydrogen-bond donors (Lipinski definition) is 3. The average Bonchev–Trinajstić information content (AvgIpc) is 2.75. The summed E-state index contributed by atoms with van der Waals surface area (Å²) in [5.41, 5.74) is 2.85. The number of methoxy groups -OCH3 is 2. The summed E-state index contributed by atoms with van der Waals surface area (Å²) in [5.74, 6) is 2.07. The van der Waals surface area contributed by atoms with Gasteiger partial charge in [0.1, 0.15) is 0 Å². The predicted octanol–water partition coefficient (Wildman–Crippen LogP) is 1.97. The van der Waals surface area contributed by atoms with Crippen molar-refractivity contribution in [2.24, 2.45) is 4.99 Å². The summed E-state index contributed by atoms with van der Waals surface area (Å²) in [6, 6.07) is 13.4. The summed E-state index contributed by atoms with van der Waals surface area (Å²) in [5, 5.41) is 9.18. The van der Waals surface area contributed by atoms with E-state index in [4.69, 9.17) is 9.47 Å². The predicted molar refractivity (Wildman–Crippen MR) is 111 cm³/mol. The molecule has 2 aromatic rings. The van der Waals surface area contributed by atoms with E-state index in [9.17, 15) is 4.79 Å². The maximum absolute atomic E-state index is 11.6. The largest absolute Gasteiger partial charge is 0.493 e. The number of nitrogens with zero attached hydrogens (tertiary/aromatic N) is 1. The second-order valence-electron chi connectivity index (χ2n) is 6.07. The molecule has 0 aromatic heterocycles. The van der Waals surface area contributed by atoms with Crippen LogP contribution in [0.25, 0.3) is 0 Å². The van der Waals surface area contributed by atoms with Crippen LogP contribution in [-0.2, 0) is 13.0 Å². The molecule has 0 aliphatic heterocycles. The van der Waals surface area contributed by atoms with Crippen molar-refractivity contribution in [1.29, 1.82) is 0 Å². The Morgan fingerprint density at radius 3 is 2.25 bits per heavy atom. The van der Waals surface area contributed by atoms with E-state index in [0.29, 0.717) is 12.1 Å². The molecular formula is C21H28N4O3. The number of amides is 1. The van der Waals surface area contributed by atoms with Gasteiger partial charge in [0.2, 0.25) is 0 Å². The molecule has 1 amide bonds. The second-order valence-corrected chi connectivity index (χ2v) is 6.07. The van der Waals surface area contributed by atoms with Gasteiger partial charge in [-0.15, -0.1) is 0 Å². The molecule has 0 aliphatic rings. The van der Waals surface area contributed by atoms with Crippen LogP contribution >= 0.6 is 0 Å². The lowest BCUT2D eigenvalue weighted by Crippen LogP contribution is -2.37. The average molecular weight is 384 g/mol. The molecule has 3 N–H and O–H groups in total. The third kappa shape index (κ3) is 5.90. The zero-order valence-electron chi connectivity index (χ0n) is 16.8. The number of carbonyl (C=O) groups excluding carboxylic acids is 1. The van der Waals surface area contributed by atoms with Crippen molar-refractivity contribution < 1.29 is 14.3 Å². The van der Waals surface area contributed by atoms with E-state index >= 15 is 0 Å². The standard InChI is InChI=1S/C21H28N4O3/c1-22-20(26)17-8-5-16(6-9-17)14-25-21(23-2)24-12-11-15-7-10-18(27-3)19(13-15)28-4/h5-10,13H,11-12,14H2,1-4H3,(H,22,26)(H2,23,24,25). The van der Waals surface area contributed by atoms with Gasteiger partial charge in [-0.1, -0.05) is 18.2 Å². The van der Waals surface area contributed by atoms with Crippen molar-refractivity contribution in [3.8, 4) is 11.5 Å². The molecule has 2 aromatic carbocycles. The van der Waals surface area contributed by atoms with E-state index in [1.807, 2.05) is 42.5 Å². The molecule has 0 saturated carbocycles. The second kappa shape index (κ2) is 10.8. The van der Waals surface area contributed by atoms with Gasteiger partial charge in [0, 0.05) is 32.7 Å². The first kappa shape index (κ1) is 21.1. The number of hydrogen-bond acceptors (Lipinski definition) is 4. The minimum absolute atomic E-state index is 0.0906. The number of ether oxygens (including phenoxy) is 2. The number of nitrogens with one attached hydrogen (secondary N) is 3. The molecule has 0 heterocycles. The van der Waals surface area contributed by atoms with Crippen LogP contribution in [0.5, 0.6) is 11.5 Å². The fourth-order valence-electron chi connectivity index (χ4n) is 2.69. The molecule has 0 radical (unpaired) electrons. The molecule has 0 saturated heterocycles. The molecule has 7 nitrogen and oxygen atoms in total. The zero-order chi connectivity index (χ0) is 20.4. The van der Waals surface area contributed by atoms with Crippen molar-refractivity contribution in [1.82, 2.24) is 16.0 Å². The van der Waals surface area contributed by atoms with Crippen molar-refractivity contribution in [2.45, 2.75) is 13.0 Å². The van der Waals surface area contributed by atoms with Gasteiger partial charge in [-0.3, -0.25) is 9.79 Å². The van der Waals surface area contributed by atoms with Crippen molar-refractivity contribution in [3.05, 3.63) is 59.2 Å². The van der Waals surface area contributed by atoms with E-state index in [-0.39, 0.29) is 5.91 Å². The van der Waals surface area contributed by atoms with E-state index in [2.05, 4.69) is 20.9 Å². The SMILES string of the molecule is CN=C(NCCc1ccc(OC)c(OC)c1)NCc1ccc(C(=O)NC)cc1. The summed E-state index contributed by atoms with van der Waals surface area (Å²) in [6.07, 6.45) is 0.821. The molecule has 0 bridgehead atoms. The molecule has 150 valence electrons. The quantitative estimate of drug-likeness (QED) is 0.479. The highest BCUT2D eigenvalue weighted by molar-refractivity contribution is 5.93. The Morgan fingerprint density at radius 2 is 1.64 bits per heavy atom. The number of carbonyl (C=O) groups is 1. The van der Waals surface area contributed by atoms with Crippen LogP contribution in [0, 0.1) is 0 Å². The highest BCUT2D eigenvalue weighted by Crippen LogP contribution is 2.27. The first-order chi connectivity index (χ1) is 13.6. The van der Waals surface area contributed by atoms with Crippen LogP contribution < -0.4 is 25.4 Å². The molecule has 0 atom stereocenters. The minimum Gasteiger partial charge on any atom is -0.493 e. The van der Waals surface area contributed by atoms with Crippen molar-refractivity contribution in [3.63, 3.8) is 0 Å². The molecule has 0 unspecified atom stereocenters. The van der Waals surface area contributed by atoms with Gasteiger partial charge in [-0.05, 0) is 41.8 Å². The Morgan fingerprint density at radius 1 is 0.964 bits per heavy atom. The van der Waals surface area contributed by atoms with Crippen LogP contribution in [0.4, 0.5) is 0 Å². The molecule has 2 rings (SSSR count). The number of aliphatic imine (C=N–C) groups is 1. The van der Waals surface area contributed by atoms with Crippen LogP contribution in [0.15, 0.2) is 47.5 Å². The van der Waals surface area contributed by atoms with Gasteiger partial charge in [-0.2, -0.15) is 0 Å². The number of benzene rings is 2. The zero-order valence-corrected chi connectivity index (χ0v) is 16.8. The Bertz CT molecular complexity index is 804. The van der Waals surface area contributed by atoms with E-state index in [1.54, 1.807) is 28.3 Å². The Labute approximate surface area is 166 Å². The monoisotopic (exact) mass is 384 g/mol. The van der Waals surface area contributed by atoms with Crippen LogP contribution in [0.2, 0.25) is 0 Å². The topological polar surface area (TPSA) is 84.0 Å². The van der Waals surface area contributed by atoms with Crippen LogP contribution in [0.1, 0.15) is 21.5 Å². The van der Waals surface area contributed by atoms with Crippen molar-refractivity contribution >= 4 is 11.9 Å². The Hall–Kier alpha value is -3.22. The van der Waals surface area contributed by atoms with E-state index < -0.39 is 0 Å². The highest BCUT2D eigenvalue weighted by Gasteiger charge is 2.06. The first-order valence-electron chi connectivity index (χ1n) is 9.07. The summed E-state index contributed by atoms with van der Waals surface area (Å²) in [6.45, 7) is 1.34. The molecule has 0 fully saturated rings. The maximum atomic E-state index is 11.6. The van der Waals surface area contributed by atoms with Gasteiger partial charge in [0.05, 0.1) is 14.2 Å². The van der Waals surface area contributed by atoms with Gasteiger partial charge >= 0.3 is 0 Å². The third-order valence-corrected chi connectivity index (χ3v) is 4.28. The smallest absolute Gasteiger partial charge is 0.251 e. The highest BCUT2D eigenvalue weighted by atomic mass is 16.5. The van der Waals surface area contributed by atoms with Gasteiger partial charge in [-0.25, -0.2) is 0 Å². The molecular weight excluding hydrogens is 356 g/mol. The van der Waals surface area contributed by atoms with Gasteiger partial charge in [0.15, 0.2) is 17.5 Å². The molecule has 0 aliphatic carbocycles. The fraction of sp³-hybridized carbons (Fsp3) is 0.333. The fourth-order valence-corrected chi connectivity index (χ4v) is 2.69. The van der Waals surface area contributed by atoms with Gasteiger partial charge < -0.3 is 25.4 Å². The summed E-state index contributed by atoms with van der Waals surface area (Å²) >= 11 is 0. The molecule has 28 heavy (non-hydrogen) atoms. The lowest BCUT2D eigenvalue weighted by atomic mass is 10.1. The normalized spacial score (nSPS) is 10.9. The summed E-state index contributed by atoms with van der Waals surface area (Å²) in [4.78, 5) is 15.8. The lowest BCUT2D eigenvalue weighted by molar-refractivity contribution is 0.0963. The van der Waals surface area contributed by atoms with Crippen molar-refractivity contribution in [2.75, 3.05) is 34.9 Å². The number of rotatable bonds is 8. The third-order valence-electron chi connectivity index (χ3n) is 4.28. The molecule has 7 heteroatoms.